The Hall–Kier alpha value is -1.10. The highest BCUT2D eigenvalue weighted by molar-refractivity contribution is 6.31. The number of aryl methyl sites for hydroxylation is 1. The third-order valence-corrected chi connectivity index (χ3v) is 2.64. The molecule has 1 aliphatic rings. The van der Waals surface area contributed by atoms with Gasteiger partial charge in [-0.25, -0.2) is 4.39 Å². The number of rotatable bonds is 2. The molecule has 0 bridgehead atoms. The van der Waals surface area contributed by atoms with Crippen LogP contribution in [0, 0.1) is 0 Å². The van der Waals surface area contributed by atoms with Crippen molar-refractivity contribution in [2.75, 3.05) is 5.32 Å². The van der Waals surface area contributed by atoms with E-state index < -0.39 is 11.5 Å². The summed E-state index contributed by atoms with van der Waals surface area (Å²) in [7, 11) is 0. The lowest BCUT2D eigenvalue weighted by molar-refractivity contribution is -0.118. The predicted octanol–water partition coefficient (Wildman–Crippen LogP) is 1.69. The first-order chi connectivity index (χ1) is 7.18. The first-order valence-corrected chi connectivity index (χ1v) is 5.26. The van der Waals surface area contributed by atoms with E-state index >= 15 is 0 Å². The molecular weight excluding hydrogens is 221 g/mol. The van der Waals surface area contributed by atoms with E-state index in [0.717, 1.165) is 31.5 Å². The van der Waals surface area contributed by atoms with Crippen molar-refractivity contribution in [2.24, 2.45) is 0 Å². The molecule has 1 aliphatic heterocycles. The molecule has 1 aromatic heterocycles. The zero-order valence-electron chi connectivity index (χ0n) is 8.04. The molecule has 4 nitrogen and oxygen atoms in total. The number of fused-ring (bicyclic) bond motifs is 1. The second-order valence-corrected chi connectivity index (χ2v) is 3.86. The number of aromatic nitrogens is 2. The lowest BCUT2D eigenvalue weighted by Crippen LogP contribution is -2.21. The van der Waals surface area contributed by atoms with Gasteiger partial charge in [-0.3, -0.25) is 9.48 Å². The molecule has 0 aliphatic carbocycles. The molecule has 1 amide bonds. The summed E-state index contributed by atoms with van der Waals surface area (Å²) < 4.78 is 14.3. The minimum atomic E-state index is -2.01. The maximum absolute atomic E-state index is 12.4. The fourth-order valence-electron chi connectivity index (χ4n) is 1.71. The van der Waals surface area contributed by atoms with Crippen LogP contribution in [0.1, 0.15) is 18.5 Å². The van der Waals surface area contributed by atoms with Gasteiger partial charge in [-0.15, -0.1) is 0 Å². The third-order valence-electron chi connectivity index (χ3n) is 2.44. The number of nitrogens with zero attached hydrogens (tertiary/aromatic N) is 2. The molecule has 0 fully saturated rings. The molecule has 2 heterocycles. The van der Waals surface area contributed by atoms with Gasteiger partial charge in [-0.1, -0.05) is 11.6 Å². The topological polar surface area (TPSA) is 46.9 Å². The third kappa shape index (κ3) is 2.12. The quantitative estimate of drug-likeness (QED) is 0.788. The minimum Gasteiger partial charge on any atom is -0.320 e. The molecular formula is C9H11ClFN3O. The van der Waals surface area contributed by atoms with Gasteiger partial charge in [-0.05, 0) is 19.3 Å². The fourth-order valence-corrected chi connectivity index (χ4v) is 1.77. The Morgan fingerprint density at radius 3 is 3.20 bits per heavy atom. The Bertz CT molecular complexity index is 377. The normalized spacial score (nSPS) is 16.9. The van der Waals surface area contributed by atoms with Crippen LogP contribution >= 0.6 is 11.6 Å². The number of anilines is 1. The van der Waals surface area contributed by atoms with E-state index in [1.54, 1.807) is 0 Å². The maximum Gasteiger partial charge on any atom is 0.274 e. The van der Waals surface area contributed by atoms with Crippen LogP contribution in [0.4, 0.5) is 10.1 Å². The van der Waals surface area contributed by atoms with Gasteiger partial charge in [-0.2, -0.15) is 5.10 Å². The Morgan fingerprint density at radius 2 is 2.47 bits per heavy atom. The number of nitrogens with one attached hydrogen (secondary N) is 1. The van der Waals surface area contributed by atoms with Crippen molar-refractivity contribution in [3.05, 3.63) is 11.9 Å². The molecule has 0 radical (unpaired) electrons. The number of carbonyl (C=O) groups is 1. The largest absolute Gasteiger partial charge is 0.320 e. The molecule has 0 saturated carbocycles. The molecule has 0 spiro atoms. The van der Waals surface area contributed by atoms with Crippen molar-refractivity contribution in [1.29, 1.82) is 0 Å². The van der Waals surface area contributed by atoms with E-state index in [0.29, 0.717) is 5.69 Å². The molecule has 1 atom stereocenters. The molecule has 1 aromatic rings. The zero-order chi connectivity index (χ0) is 10.8. The average molecular weight is 232 g/mol. The number of halogens is 2. The first-order valence-electron chi connectivity index (χ1n) is 4.82. The summed E-state index contributed by atoms with van der Waals surface area (Å²) in [5, 5.41) is 6.53. The van der Waals surface area contributed by atoms with Crippen molar-refractivity contribution in [2.45, 2.75) is 31.4 Å². The Morgan fingerprint density at radius 1 is 1.67 bits per heavy atom. The number of amides is 1. The van der Waals surface area contributed by atoms with Gasteiger partial charge in [0.25, 0.3) is 11.5 Å². The lowest BCUT2D eigenvalue weighted by Gasteiger charge is -2.14. The zero-order valence-corrected chi connectivity index (χ0v) is 8.80. The standard InChI is InChI=1S/C9H11ClFN3O/c10-8(11)9(15)13-6-5-12-14-4-2-1-3-7(6)14/h5,8H,1-4H2,(H,13,15). The van der Waals surface area contributed by atoms with Gasteiger partial charge in [0, 0.05) is 6.54 Å². The van der Waals surface area contributed by atoms with Crippen LogP contribution in [-0.4, -0.2) is 21.3 Å². The Labute approximate surface area is 91.4 Å². The second kappa shape index (κ2) is 4.18. The van der Waals surface area contributed by atoms with Crippen molar-refractivity contribution < 1.29 is 9.18 Å². The van der Waals surface area contributed by atoms with E-state index in [1.165, 1.54) is 6.20 Å². The van der Waals surface area contributed by atoms with Gasteiger partial charge in [0.05, 0.1) is 17.6 Å². The molecule has 2 rings (SSSR count). The van der Waals surface area contributed by atoms with Crippen molar-refractivity contribution in [3.63, 3.8) is 0 Å². The first kappa shape index (κ1) is 10.4. The molecule has 0 aromatic carbocycles. The van der Waals surface area contributed by atoms with Crippen molar-refractivity contribution in [3.8, 4) is 0 Å². The average Bonchev–Trinajstić information content (AvgIpc) is 2.62. The van der Waals surface area contributed by atoms with E-state index in [-0.39, 0.29) is 0 Å². The lowest BCUT2D eigenvalue weighted by atomic mass is 10.1. The summed E-state index contributed by atoms with van der Waals surface area (Å²) in [4.78, 5) is 11.0. The van der Waals surface area contributed by atoms with E-state index in [1.807, 2.05) is 4.68 Å². The molecule has 0 saturated heterocycles. The SMILES string of the molecule is O=C(Nc1cnn2c1CCCC2)C(F)Cl. The van der Waals surface area contributed by atoms with Gasteiger partial charge >= 0.3 is 0 Å². The Kier molecular flexibility index (Phi) is 2.90. The van der Waals surface area contributed by atoms with Gasteiger partial charge < -0.3 is 5.32 Å². The summed E-state index contributed by atoms with van der Waals surface area (Å²) >= 11 is 5.02. The highest BCUT2D eigenvalue weighted by atomic mass is 35.5. The monoisotopic (exact) mass is 231 g/mol. The van der Waals surface area contributed by atoms with E-state index in [9.17, 15) is 9.18 Å². The summed E-state index contributed by atoms with van der Waals surface area (Å²) in [6, 6.07) is 0. The van der Waals surface area contributed by atoms with Crippen molar-refractivity contribution in [1.82, 2.24) is 9.78 Å². The molecule has 1 unspecified atom stereocenters. The van der Waals surface area contributed by atoms with Crippen LogP contribution in [0.15, 0.2) is 6.20 Å². The smallest absolute Gasteiger partial charge is 0.274 e. The van der Waals surface area contributed by atoms with Crippen molar-refractivity contribution >= 4 is 23.2 Å². The van der Waals surface area contributed by atoms with Crippen LogP contribution in [0.5, 0.6) is 0 Å². The van der Waals surface area contributed by atoms with Gasteiger partial charge in [0.1, 0.15) is 0 Å². The molecule has 1 N–H and O–H groups in total. The van der Waals surface area contributed by atoms with Crippen LogP contribution in [0.3, 0.4) is 0 Å². The van der Waals surface area contributed by atoms with Gasteiger partial charge in [0.2, 0.25) is 0 Å². The van der Waals surface area contributed by atoms with Gasteiger partial charge in [0.15, 0.2) is 0 Å². The van der Waals surface area contributed by atoms with E-state index in [4.69, 9.17) is 11.6 Å². The molecule has 82 valence electrons. The fraction of sp³-hybridized carbons (Fsp3) is 0.556. The highest BCUT2D eigenvalue weighted by Gasteiger charge is 2.19. The summed E-state index contributed by atoms with van der Waals surface area (Å²) in [5.41, 5.74) is -0.487. The Balaban J connectivity index is 2.15. The summed E-state index contributed by atoms with van der Waals surface area (Å²) in [6.45, 7) is 0.852. The van der Waals surface area contributed by atoms with Crippen LogP contribution in [0.25, 0.3) is 0 Å². The molecule has 6 heteroatoms. The second-order valence-electron chi connectivity index (χ2n) is 3.48. The van der Waals surface area contributed by atoms with Crippen LogP contribution < -0.4 is 5.32 Å². The van der Waals surface area contributed by atoms with Crippen LogP contribution in [0.2, 0.25) is 0 Å². The summed E-state index contributed by atoms with van der Waals surface area (Å²) in [5.74, 6) is -0.835. The number of alkyl halides is 2. The number of hydrogen-bond donors (Lipinski definition) is 1. The predicted molar refractivity (Wildman–Crippen MR) is 54.5 cm³/mol. The minimum absolute atomic E-state index is 0.572. The summed E-state index contributed by atoms with van der Waals surface area (Å²) in [6.07, 6.45) is 4.55. The van der Waals surface area contributed by atoms with Crippen LogP contribution in [-0.2, 0) is 17.8 Å². The van der Waals surface area contributed by atoms with E-state index in [2.05, 4.69) is 10.4 Å². The maximum atomic E-state index is 12.4. The highest BCUT2D eigenvalue weighted by Crippen LogP contribution is 2.22. The number of carbonyl (C=O) groups excluding carboxylic acids is 1. The number of hydrogen-bond acceptors (Lipinski definition) is 2. The molecule has 15 heavy (non-hydrogen) atoms.